The lowest BCUT2D eigenvalue weighted by Gasteiger charge is -2.10. The molecular formula is C25H26N6O. The van der Waals surface area contributed by atoms with Gasteiger partial charge in [0.15, 0.2) is 0 Å². The molecule has 0 amide bonds. The molecule has 0 N–H and O–H groups in total. The van der Waals surface area contributed by atoms with E-state index < -0.39 is 0 Å². The van der Waals surface area contributed by atoms with Crippen molar-refractivity contribution in [3.05, 3.63) is 82.8 Å². The van der Waals surface area contributed by atoms with Gasteiger partial charge in [0.25, 0.3) is 0 Å². The first-order valence-corrected chi connectivity index (χ1v) is 10.7. The van der Waals surface area contributed by atoms with Crippen molar-refractivity contribution in [1.29, 1.82) is 0 Å². The van der Waals surface area contributed by atoms with Crippen molar-refractivity contribution in [1.82, 2.24) is 29.3 Å². The molecule has 7 heteroatoms. The fraction of sp³-hybridized carbons (Fsp3) is 0.280. The van der Waals surface area contributed by atoms with E-state index in [1.54, 1.807) is 15.6 Å². The average molecular weight is 427 g/mol. The minimum atomic E-state index is 0.0136. The van der Waals surface area contributed by atoms with E-state index in [1.165, 1.54) is 0 Å². The van der Waals surface area contributed by atoms with Crippen LogP contribution in [0.3, 0.4) is 0 Å². The Balaban J connectivity index is 1.63. The zero-order chi connectivity index (χ0) is 22.5. The maximum absolute atomic E-state index is 13.0. The number of rotatable bonds is 7. The number of aromatic nitrogens is 6. The summed E-state index contributed by atoms with van der Waals surface area (Å²) in [5, 5.41) is 11.5. The van der Waals surface area contributed by atoms with E-state index in [0.29, 0.717) is 25.4 Å². The van der Waals surface area contributed by atoms with Crippen LogP contribution in [0, 0.1) is 17.8 Å². The molecule has 0 aliphatic heterocycles. The molecule has 0 saturated heterocycles. The van der Waals surface area contributed by atoms with E-state index in [9.17, 15) is 4.79 Å². The minimum Gasteiger partial charge on any atom is -0.299 e. The monoisotopic (exact) mass is 426 g/mol. The van der Waals surface area contributed by atoms with Gasteiger partial charge in [0.1, 0.15) is 6.33 Å². The summed E-state index contributed by atoms with van der Waals surface area (Å²) in [6, 6.07) is 16.3. The van der Waals surface area contributed by atoms with Crippen LogP contribution in [0.25, 0.3) is 16.8 Å². The molecule has 0 aliphatic carbocycles. The molecule has 7 nitrogen and oxygen atoms in total. The van der Waals surface area contributed by atoms with E-state index in [1.807, 2.05) is 42.0 Å². The second-order valence-corrected chi connectivity index (χ2v) is 8.11. The van der Waals surface area contributed by atoms with E-state index in [-0.39, 0.29) is 5.69 Å². The first kappa shape index (κ1) is 21.3. The Morgan fingerprint density at radius 1 is 1.06 bits per heavy atom. The summed E-state index contributed by atoms with van der Waals surface area (Å²) in [5.74, 6) is 6.42. The van der Waals surface area contributed by atoms with Crippen molar-refractivity contribution in [3.63, 3.8) is 0 Å². The maximum atomic E-state index is 13.0. The number of nitrogens with zero attached hydrogens (tertiary/aromatic N) is 6. The van der Waals surface area contributed by atoms with Crippen LogP contribution in [-0.4, -0.2) is 29.3 Å². The zero-order valence-corrected chi connectivity index (χ0v) is 18.6. The number of benzene rings is 2. The molecule has 0 bridgehead atoms. The molecule has 0 atom stereocenters. The molecule has 0 fully saturated rings. The number of hydrogen-bond acceptors (Lipinski definition) is 4. The lowest BCUT2D eigenvalue weighted by Crippen LogP contribution is -2.26. The average Bonchev–Trinajstić information content (AvgIpc) is 3.43. The van der Waals surface area contributed by atoms with Crippen LogP contribution in [0.15, 0.2) is 65.8 Å². The van der Waals surface area contributed by atoms with Crippen LogP contribution < -0.4 is 5.69 Å². The van der Waals surface area contributed by atoms with Crippen LogP contribution in [0.5, 0.6) is 0 Å². The van der Waals surface area contributed by atoms with Gasteiger partial charge in [-0.25, -0.2) is 4.79 Å². The molecular weight excluding hydrogens is 400 g/mol. The number of hydrogen-bond donors (Lipinski definition) is 0. The van der Waals surface area contributed by atoms with Gasteiger partial charge in [0, 0.05) is 18.3 Å². The lowest BCUT2D eigenvalue weighted by molar-refractivity contribution is 0.503. The summed E-state index contributed by atoms with van der Waals surface area (Å²) in [4.78, 5) is 13.0. The van der Waals surface area contributed by atoms with Gasteiger partial charge in [-0.3, -0.25) is 9.13 Å². The predicted molar refractivity (Wildman–Crippen MR) is 124 cm³/mol. The molecule has 4 aromatic rings. The first-order chi connectivity index (χ1) is 15.6. The summed E-state index contributed by atoms with van der Waals surface area (Å²) < 4.78 is 5.28. The van der Waals surface area contributed by atoms with E-state index in [0.717, 1.165) is 28.1 Å². The van der Waals surface area contributed by atoms with Crippen molar-refractivity contribution in [2.24, 2.45) is 5.92 Å². The van der Waals surface area contributed by atoms with Crippen molar-refractivity contribution >= 4 is 0 Å². The van der Waals surface area contributed by atoms with Gasteiger partial charge in [-0.05, 0) is 40.5 Å². The van der Waals surface area contributed by atoms with Gasteiger partial charge < -0.3 is 0 Å². The van der Waals surface area contributed by atoms with Crippen LogP contribution in [-0.2, 0) is 19.5 Å². The van der Waals surface area contributed by atoms with Crippen molar-refractivity contribution in [3.8, 4) is 28.7 Å². The van der Waals surface area contributed by atoms with E-state index in [2.05, 4.69) is 65.5 Å². The second-order valence-electron chi connectivity index (χ2n) is 8.11. The largest absolute Gasteiger partial charge is 0.328 e. The SMILES string of the molecule is CC#CCc1cn(CC(C)C)c(=O)n1Cc1ccc(-c2ccccc2-n2cnnn2)cc1. The molecule has 162 valence electrons. The smallest absolute Gasteiger partial charge is 0.299 e. The molecule has 0 unspecified atom stereocenters. The predicted octanol–water partition coefficient (Wildman–Crippen LogP) is 3.56. The van der Waals surface area contributed by atoms with Crippen LogP contribution in [0.1, 0.15) is 32.0 Å². The molecule has 0 radical (unpaired) electrons. The zero-order valence-electron chi connectivity index (χ0n) is 18.6. The molecule has 2 aromatic heterocycles. The molecule has 2 aromatic carbocycles. The van der Waals surface area contributed by atoms with Gasteiger partial charge in [-0.2, -0.15) is 4.68 Å². The Bertz CT molecular complexity index is 1300. The molecule has 0 aliphatic rings. The minimum absolute atomic E-state index is 0.0136. The highest BCUT2D eigenvalue weighted by atomic mass is 16.1. The standard InChI is InChI=1S/C25H26N6O/c1-4-5-8-22-17-29(15-19(2)3)25(32)30(22)16-20-11-13-21(14-12-20)23-9-6-7-10-24(23)31-18-26-27-28-31/h6-7,9-14,17-19H,8,15-16H2,1-3H3. The molecule has 2 heterocycles. The third-order valence-electron chi connectivity index (χ3n) is 5.24. The normalized spacial score (nSPS) is 10.9. The summed E-state index contributed by atoms with van der Waals surface area (Å²) in [7, 11) is 0. The summed E-state index contributed by atoms with van der Waals surface area (Å²) in [5.41, 5.74) is 5.02. The molecule has 4 rings (SSSR count). The Hall–Kier alpha value is -3.92. The van der Waals surface area contributed by atoms with Crippen LogP contribution >= 0.6 is 0 Å². The Morgan fingerprint density at radius 3 is 2.53 bits per heavy atom. The Labute approximate surface area is 187 Å². The fourth-order valence-electron chi connectivity index (χ4n) is 3.76. The third kappa shape index (κ3) is 4.54. The summed E-state index contributed by atoms with van der Waals surface area (Å²) >= 11 is 0. The molecule has 0 spiro atoms. The fourth-order valence-corrected chi connectivity index (χ4v) is 3.76. The van der Waals surface area contributed by atoms with Gasteiger partial charge in [-0.15, -0.1) is 11.0 Å². The van der Waals surface area contributed by atoms with E-state index >= 15 is 0 Å². The maximum Gasteiger partial charge on any atom is 0.328 e. The Kier molecular flexibility index (Phi) is 6.31. The molecule has 0 saturated carbocycles. The van der Waals surface area contributed by atoms with Crippen molar-refractivity contribution in [2.45, 2.75) is 40.3 Å². The van der Waals surface area contributed by atoms with Gasteiger partial charge >= 0.3 is 5.69 Å². The van der Waals surface area contributed by atoms with Crippen molar-refractivity contribution < 1.29 is 0 Å². The highest BCUT2D eigenvalue weighted by Gasteiger charge is 2.13. The van der Waals surface area contributed by atoms with Gasteiger partial charge in [0.05, 0.1) is 24.3 Å². The number of tetrazole rings is 1. The van der Waals surface area contributed by atoms with Crippen molar-refractivity contribution in [2.75, 3.05) is 0 Å². The van der Waals surface area contributed by atoms with Crippen LogP contribution in [0.2, 0.25) is 0 Å². The molecule has 32 heavy (non-hydrogen) atoms. The second kappa shape index (κ2) is 9.48. The number of para-hydroxylation sites is 1. The van der Waals surface area contributed by atoms with Gasteiger partial charge in [0.2, 0.25) is 0 Å². The van der Waals surface area contributed by atoms with E-state index in [4.69, 9.17) is 0 Å². The Morgan fingerprint density at radius 2 is 1.84 bits per heavy atom. The highest BCUT2D eigenvalue weighted by molar-refractivity contribution is 5.72. The topological polar surface area (TPSA) is 70.5 Å². The van der Waals surface area contributed by atoms with Crippen LogP contribution in [0.4, 0.5) is 0 Å². The first-order valence-electron chi connectivity index (χ1n) is 10.7. The summed E-state index contributed by atoms with van der Waals surface area (Å²) in [6.07, 6.45) is 4.10. The lowest BCUT2D eigenvalue weighted by atomic mass is 10.0. The third-order valence-corrected chi connectivity index (χ3v) is 5.24. The summed E-state index contributed by atoms with van der Waals surface area (Å²) in [6.45, 7) is 7.26. The van der Waals surface area contributed by atoms with Gasteiger partial charge in [-0.1, -0.05) is 62.2 Å². The quantitative estimate of drug-likeness (QED) is 0.424. The highest BCUT2D eigenvalue weighted by Crippen LogP contribution is 2.26. The number of imidazole rings is 1.